The Morgan fingerprint density at radius 2 is 1.30 bits per heavy atom. The first kappa shape index (κ1) is 51.4. The SMILES string of the molecule is CCCCC/C=C\C=C/[C@H](O)C/C=C\C/C=C/CCCC(=O)N[C@@H](COP(=O)([O-])OCC[N+](C)(C)C)[C@H](O)CCCCCCCCCCCCCCC. The number of nitrogens with one attached hydrogen (secondary N) is 1. The van der Waals surface area contributed by atoms with Gasteiger partial charge in [0.05, 0.1) is 46.0 Å². The first-order chi connectivity index (χ1) is 25.4. The van der Waals surface area contributed by atoms with Gasteiger partial charge in [-0.1, -0.05) is 159 Å². The largest absolute Gasteiger partial charge is 0.756 e. The molecular formula is C43H81N2O7P. The number of hydrogen-bond acceptors (Lipinski definition) is 7. The number of nitrogens with zero attached hydrogens (tertiary/aromatic N) is 1. The van der Waals surface area contributed by atoms with E-state index in [1.165, 1.54) is 83.5 Å². The Kier molecular flexibility index (Phi) is 33.8. The van der Waals surface area contributed by atoms with Crippen molar-refractivity contribution in [3.05, 3.63) is 48.6 Å². The van der Waals surface area contributed by atoms with E-state index in [1.807, 2.05) is 57.6 Å². The number of carbonyl (C=O) groups is 1. The summed E-state index contributed by atoms with van der Waals surface area (Å²) < 4.78 is 23.2. The molecule has 0 rings (SSSR count). The van der Waals surface area contributed by atoms with E-state index >= 15 is 0 Å². The molecule has 53 heavy (non-hydrogen) atoms. The summed E-state index contributed by atoms with van der Waals surface area (Å²) in [5.41, 5.74) is 0. The average molecular weight is 769 g/mol. The van der Waals surface area contributed by atoms with Crippen molar-refractivity contribution in [2.24, 2.45) is 0 Å². The lowest BCUT2D eigenvalue weighted by Gasteiger charge is -2.30. The second-order valence-corrected chi connectivity index (χ2v) is 17.0. The number of likely N-dealkylation sites (N-methyl/N-ethyl adjacent to an activating group) is 1. The molecule has 0 saturated heterocycles. The molecular weight excluding hydrogens is 687 g/mol. The molecule has 0 fully saturated rings. The molecule has 0 aliphatic rings. The van der Waals surface area contributed by atoms with E-state index in [9.17, 15) is 24.5 Å². The number of carbonyl (C=O) groups excluding carboxylic acids is 1. The van der Waals surface area contributed by atoms with Crippen molar-refractivity contribution in [3.63, 3.8) is 0 Å². The highest BCUT2D eigenvalue weighted by Gasteiger charge is 2.24. The molecule has 0 aliphatic heterocycles. The molecule has 0 aliphatic carbocycles. The maximum Gasteiger partial charge on any atom is 0.268 e. The summed E-state index contributed by atoms with van der Waals surface area (Å²) in [6.45, 7) is 4.54. The number of allylic oxidation sites excluding steroid dienone is 6. The average Bonchev–Trinajstić information content (AvgIpc) is 3.10. The normalized spacial score (nSPS) is 15.5. The van der Waals surface area contributed by atoms with Crippen molar-refractivity contribution in [3.8, 4) is 0 Å². The Labute approximate surface area is 325 Å². The summed E-state index contributed by atoms with van der Waals surface area (Å²) in [7, 11) is 1.22. The fourth-order valence-corrected chi connectivity index (χ4v) is 6.42. The van der Waals surface area contributed by atoms with Crippen LogP contribution < -0.4 is 10.2 Å². The van der Waals surface area contributed by atoms with Crippen LogP contribution >= 0.6 is 7.82 Å². The lowest BCUT2D eigenvalue weighted by molar-refractivity contribution is -0.870. The van der Waals surface area contributed by atoms with Crippen LogP contribution in [0.5, 0.6) is 0 Å². The van der Waals surface area contributed by atoms with Gasteiger partial charge in [0.15, 0.2) is 0 Å². The van der Waals surface area contributed by atoms with Gasteiger partial charge in [-0.2, -0.15) is 0 Å². The van der Waals surface area contributed by atoms with Crippen LogP contribution in [0.3, 0.4) is 0 Å². The minimum Gasteiger partial charge on any atom is -0.756 e. The molecule has 10 heteroatoms. The first-order valence-corrected chi connectivity index (χ1v) is 22.6. The Balaban J connectivity index is 4.59. The lowest BCUT2D eigenvalue weighted by atomic mass is 10.0. The van der Waals surface area contributed by atoms with Crippen LogP contribution in [-0.2, 0) is 18.4 Å². The van der Waals surface area contributed by atoms with E-state index in [1.54, 1.807) is 6.08 Å². The van der Waals surface area contributed by atoms with E-state index in [0.29, 0.717) is 30.3 Å². The quantitative estimate of drug-likeness (QED) is 0.0189. The Morgan fingerprint density at radius 3 is 1.92 bits per heavy atom. The van der Waals surface area contributed by atoms with E-state index in [-0.39, 0.29) is 25.5 Å². The van der Waals surface area contributed by atoms with Crippen molar-refractivity contribution < 1.29 is 38.0 Å². The molecule has 9 nitrogen and oxygen atoms in total. The maximum absolute atomic E-state index is 12.8. The van der Waals surface area contributed by atoms with Gasteiger partial charge in [0.2, 0.25) is 5.91 Å². The van der Waals surface area contributed by atoms with Gasteiger partial charge >= 0.3 is 0 Å². The van der Waals surface area contributed by atoms with Crippen LogP contribution in [0.25, 0.3) is 0 Å². The van der Waals surface area contributed by atoms with Crippen molar-refractivity contribution in [2.45, 2.75) is 180 Å². The number of unbranched alkanes of at least 4 members (excludes halogenated alkanes) is 16. The zero-order chi connectivity index (χ0) is 39.5. The van der Waals surface area contributed by atoms with Gasteiger partial charge in [-0.3, -0.25) is 9.36 Å². The second-order valence-electron chi connectivity index (χ2n) is 15.5. The van der Waals surface area contributed by atoms with Crippen LogP contribution in [-0.4, -0.2) is 79.8 Å². The number of amides is 1. The molecule has 4 atom stereocenters. The number of rotatable bonds is 37. The Bertz CT molecular complexity index is 1020. The molecule has 0 saturated carbocycles. The lowest BCUT2D eigenvalue weighted by Crippen LogP contribution is -2.46. The minimum absolute atomic E-state index is 0.0114. The third-order valence-electron chi connectivity index (χ3n) is 9.15. The standard InChI is InChI=1S/C43H81N2O7P/c1-6-8-10-12-14-15-16-17-18-19-23-27-31-35-42(47)41(39-52-53(49,50)51-38-37-45(3,4)5)44-43(48)36-32-28-24-20-22-26-30-34-40(46)33-29-25-21-13-11-9-7-2/h20-21,24-26,29-30,33,40-42,46-47H,6-19,22-23,27-28,31-32,34-39H2,1-5H3,(H-,44,48,49,50)/b24-20+,25-21-,30-26-,33-29-/t40-,41-,42+/m0/s1. The molecule has 1 amide bonds. The van der Waals surface area contributed by atoms with Gasteiger partial charge in [0, 0.05) is 6.42 Å². The van der Waals surface area contributed by atoms with Crippen molar-refractivity contribution in [2.75, 3.05) is 40.9 Å². The molecule has 0 bridgehead atoms. The van der Waals surface area contributed by atoms with E-state index < -0.39 is 26.1 Å². The van der Waals surface area contributed by atoms with Crippen molar-refractivity contribution in [1.29, 1.82) is 0 Å². The van der Waals surface area contributed by atoms with Gasteiger partial charge in [-0.05, 0) is 44.9 Å². The van der Waals surface area contributed by atoms with E-state index in [4.69, 9.17) is 9.05 Å². The highest BCUT2D eigenvalue weighted by atomic mass is 31.2. The molecule has 0 spiro atoms. The van der Waals surface area contributed by atoms with E-state index in [2.05, 4.69) is 25.2 Å². The van der Waals surface area contributed by atoms with E-state index in [0.717, 1.165) is 38.5 Å². The highest BCUT2D eigenvalue weighted by Crippen LogP contribution is 2.38. The summed E-state index contributed by atoms with van der Waals surface area (Å²) in [5.74, 6) is -0.249. The number of aliphatic hydroxyl groups excluding tert-OH is 2. The molecule has 3 N–H and O–H groups in total. The number of hydrogen-bond donors (Lipinski definition) is 3. The zero-order valence-corrected chi connectivity index (χ0v) is 35.5. The molecule has 0 radical (unpaired) electrons. The Morgan fingerprint density at radius 1 is 0.736 bits per heavy atom. The second kappa shape index (κ2) is 34.9. The van der Waals surface area contributed by atoms with Gasteiger partial charge in [-0.15, -0.1) is 0 Å². The number of quaternary nitrogens is 1. The highest BCUT2D eigenvalue weighted by molar-refractivity contribution is 7.45. The fraction of sp³-hybridized carbons (Fsp3) is 0.791. The van der Waals surface area contributed by atoms with Crippen molar-refractivity contribution in [1.82, 2.24) is 5.32 Å². The first-order valence-electron chi connectivity index (χ1n) is 21.1. The minimum atomic E-state index is -4.59. The van der Waals surface area contributed by atoms with Crippen LogP contribution in [0.2, 0.25) is 0 Å². The van der Waals surface area contributed by atoms with Crippen LogP contribution in [0.1, 0.15) is 162 Å². The molecule has 0 heterocycles. The van der Waals surface area contributed by atoms with Crippen LogP contribution in [0.15, 0.2) is 48.6 Å². The monoisotopic (exact) mass is 769 g/mol. The van der Waals surface area contributed by atoms with Gasteiger partial charge in [-0.25, -0.2) is 0 Å². The van der Waals surface area contributed by atoms with Gasteiger partial charge in [0.25, 0.3) is 7.82 Å². The summed E-state index contributed by atoms with van der Waals surface area (Å²) >= 11 is 0. The van der Waals surface area contributed by atoms with Gasteiger partial charge in [0.1, 0.15) is 13.2 Å². The molecule has 1 unspecified atom stereocenters. The van der Waals surface area contributed by atoms with Crippen LogP contribution in [0.4, 0.5) is 0 Å². The third kappa shape index (κ3) is 37.1. The molecule has 0 aromatic carbocycles. The molecule has 310 valence electrons. The predicted octanol–water partition coefficient (Wildman–Crippen LogP) is 9.64. The summed E-state index contributed by atoms with van der Waals surface area (Å²) in [6.07, 6.45) is 38.5. The maximum atomic E-state index is 12.8. The molecule has 0 aromatic rings. The van der Waals surface area contributed by atoms with Gasteiger partial charge < -0.3 is 34.0 Å². The topological polar surface area (TPSA) is 128 Å². The van der Waals surface area contributed by atoms with Crippen LogP contribution in [0, 0.1) is 0 Å². The third-order valence-corrected chi connectivity index (χ3v) is 10.1. The summed E-state index contributed by atoms with van der Waals surface area (Å²) in [6, 6.07) is -0.850. The smallest absolute Gasteiger partial charge is 0.268 e. The number of aliphatic hydroxyl groups is 2. The fourth-order valence-electron chi connectivity index (χ4n) is 5.70. The summed E-state index contributed by atoms with van der Waals surface area (Å²) in [5, 5.41) is 23.9. The Hall–Kier alpha value is -1.58. The zero-order valence-electron chi connectivity index (χ0n) is 34.6. The molecule has 0 aromatic heterocycles. The summed E-state index contributed by atoms with van der Waals surface area (Å²) in [4.78, 5) is 25.2. The number of phosphoric ester groups is 1. The predicted molar refractivity (Wildman–Crippen MR) is 220 cm³/mol. The number of phosphoric acid groups is 1. The van der Waals surface area contributed by atoms with Crippen molar-refractivity contribution >= 4 is 13.7 Å².